The van der Waals surface area contributed by atoms with Crippen LogP contribution in [-0.4, -0.2) is 23.5 Å². The lowest BCUT2D eigenvalue weighted by molar-refractivity contribution is -0.121. The van der Waals surface area contributed by atoms with Gasteiger partial charge in [-0.25, -0.2) is 8.42 Å². The molecule has 0 aliphatic carbocycles. The summed E-state index contributed by atoms with van der Waals surface area (Å²) in [6.45, 7) is 2.14. The molecule has 0 spiro atoms. The van der Waals surface area contributed by atoms with Crippen LogP contribution in [0, 0.1) is 0 Å². The van der Waals surface area contributed by atoms with Crippen LogP contribution < -0.4 is 5.32 Å². The molecule has 1 atom stereocenters. The number of rotatable bonds is 10. The van der Waals surface area contributed by atoms with Crippen LogP contribution in [0.1, 0.15) is 51.9 Å². The first-order chi connectivity index (χ1) is 11.7. The van der Waals surface area contributed by atoms with Crippen LogP contribution in [0.5, 0.6) is 0 Å². The minimum absolute atomic E-state index is 0.00816. The van der Waals surface area contributed by atoms with E-state index in [1.54, 1.807) is 18.2 Å². The predicted octanol–water partition coefficient (Wildman–Crippen LogP) is 5.02. The predicted molar refractivity (Wildman–Crippen MR) is 104 cm³/mol. The average molecular weight is 429 g/mol. The van der Waals surface area contributed by atoms with Gasteiger partial charge in [0.2, 0.25) is 19.5 Å². The summed E-state index contributed by atoms with van der Waals surface area (Å²) >= 11 is 17.5. The van der Waals surface area contributed by atoms with Crippen molar-refractivity contribution in [3.05, 3.63) is 30.3 Å². The van der Waals surface area contributed by atoms with Crippen molar-refractivity contribution in [1.29, 1.82) is 0 Å². The standard InChI is InChI=1S/C17H24Cl3NO3S/c1-2-3-4-5-6-10-13-15(22)21-16(17(18,19)20)25(23,24)14-11-8-7-9-12-14/h7-9,11-12,16H,2-6,10,13H2,1H3,(H,21,22). The molecule has 1 rings (SSSR count). The Hall–Kier alpha value is -0.490. The van der Waals surface area contributed by atoms with E-state index in [-0.39, 0.29) is 11.3 Å². The second-order valence-corrected chi connectivity index (χ2v) is 10.3. The maximum absolute atomic E-state index is 12.7. The van der Waals surface area contributed by atoms with Crippen molar-refractivity contribution in [3.63, 3.8) is 0 Å². The molecule has 1 unspecified atom stereocenters. The van der Waals surface area contributed by atoms with Gasteiger partial charge in [-0.05, 0) is 18.6 Å². The zero-order valence-electron chi connectivity index (χ0n) is 14.2. The lowest BCUT2D eigenvalue weighted by Gasteiger charge is -2.25. The van der Waals surface area contributed by atoms with E-state index in [1.165, 1.54) is 18.6 Å². The highest BCUT2D eigenvalue weighted by Gasteiger charge is 2.44. The maximum atomic E-state index is 12.7. The molecule has 0 radical (unpaired) electrons. The topological polar surface area (TPSA) is 63.2 Å². The molecule has 8 heteroatoms. The molecule has 0 aliphatic heterocycles. The van der Waals surface area contributed by atoms with E-state index < -0.39 is 24.9 Å². The molecule has 0 aliphatic rings. The first kappa shape index (κ1) is 22.6. The third-order valence-electron chi connectivity index (χ3n) is 3.73. The zero-order valence-corrected chi connectivity index (χ0v) is 17.3. The lowest BCUT2D eigenvalue weighted by atomic mass is 10.1. The van der Waals surface area contributed by atoms with Crippen molar-refractivity contribution >= 4 is 50.5 Å². The number of nitrogens with one attached hydrogen (secondary N) is 1. The number of unbranched alkanes of at least 4 members (excludes halogenated alkanes) is 5. The van der Waals surface area contributed by atoms with Gasteiger partial charge in [0, 0.05) is 6.42 Å². The number of amides is 1. The van der Waals surface area contributed by atoms with Gasteiger partial charge in [-0.3, -0.25) is 4.79 Å². The van der Waals surface area contributed by atoms with E-state index in [0.717, 1.165) is 25.7 Å². The average Bonchev–Trinajstić information content (AvgIpc) is 2.55. The third kappa shape index (κ3) is 7.73. The summed E-state index contributed by atoms with van der Waals surface area (Å²) in [5.74, 6) is -0.439. The summed E-state index contributed by atoms with van der Waals surface area (Å²) in [4.78, 5) is 12.1. The normalized spacial score (nSPS) is 13.4. The molecule has 1 amide bonds. The van der Waals surface area contributed by atoms with Gasteiger partial charge in [0.05, 0.1) is 4.90 Å². The molecule has 1 aromatic carbocycles. The minimum atomic E-state index is -4.02. The molecule has 0 saturated heterocycles. The maximum Gasteiger partial charge on any atom is 0.225 e. The quantitative estimate of drug-likeness (QED) is 0.420. The van der Waals surface area contributed by atoms with E-state index in [0.29, 0.717) is 6.42 Å². The Kier molecular flexibility index (Phi) is 9.57. The van der Waals surface area contributed by atoms with Gasteiger partial charge < -0.3 is 5.32 Å². The molecular formula is C17H24Cl3NO3S. The van der Waals surface area contributed by atoms with Gasteiger partial charge in [0.25, 0.3) is 0 Å². The van der Waals surface area contributed by atoms with Crippen LogP contribution in [0.3, 0.4) is 0 Å². The van der Waals surface area contributed by atoms with Crippen LogP contribution >= 0.6 is 34.8 Å². The molecule has 1 N–H and O–H groups in total. The molecule has 1 aromatic rings. The molecule has 0 fully saturated rings. The molecule has 0 heterocycles. The largest absolute Gasteiger partial charge is 0.336 e. The second-order valence-electron chi connectivity index (χ2n) is 5.86. The fourth-order valence-corrected chi connectivity index (χ4v) is 5.03. The number of sulfone groups is 1. The number of hydrogen-bond donors (Lipinski definition) is 1. The minimum Gasteiger partial charge on any atom is -0.336 e. The highest BCUT2D eigenvalue weighted by Crippen LogP contribution is 2.35. The van der Waals surface area contributed by atoms with E-state index in [4.69, 9.17) is 34.8 Å². The Morgan fingerprint density at radius 1 is 1.04 bits per heavy atom. The van der Waals surface area contributed by atoms with Crippen LogP contribution in [0.4, 0.5) is 0 Å². The Morgan fingerprint density at radius 2 is 1.60 bits per heavy atom. The molecule has 0 aromatic heterocycles. The second kappa shape index (κ2) is 10.6. The number of hydrogen-bond acceptors (Lipinski definition) is 3. The Bertz CT molecular complexity index is 630. The van der Waals surface area contributed by atoms with E-state index in [1.807, 2.05) is 0 Å². The highest BCUT2D eigenvalue weighted by atomic mass is 35.6. The number of carbonyl (C=O) groups is 1. The summed E-state index contributed by atoms with van der Waals surface area (Å²) < 4.78 is 23.2. The summed E-state index contributed by atoms with van der Waals surface area (Å²) in [7, 11) is -4.02. The first-order valence-electron chi connectivity index (χ1n) is 8.34. The highest BCUT2D eigenvalue weighted by molar-refractivity contribution is 7.92. The Labute approximate surface area is 165 Å². The van der Waals surface area contributed by atoms with Crippen LogP contribution in [0.2, 0.25) is 0 Å². The van der Waals surface area contributed by atoms with Crippen molar-refractivity contribution in [3.8, 4) is 0 Å². The molecule has 0 saturated carbocycles. The SMILES string of the molecule is CCCCCCCCC(=O)NC(C(Cl)(Cl)Cl)S(=O)(=O)c1ccccc1. The van der Waals surface area contributed by atoms with E-state index in [2.05, 4.69) is 12.2 Å². The van der Waals surface area contributed by atoms with Crippen molar-refractivity contribution in [2.45, 2.75) is 65.9 Å². The monoisotopic (exact) mass is 427 g/mol. The first-order valence-corrected chi connectivity index (χ1v) is 11.0. The Morgan fingerprint density at radius 3 is 2.16 bits per heavy atom. The Balaban J connectivity index is 2.70. The van der Waals surface area contributed by atoms with Gasteiger partial charge in [-0.2, -0.15) is 0 Å². The van der Waals surface area contributed by atoms with Gasteiger partial charge in [0.15, 0.2) is 5.37 Å². The molecular weight excluding hydrogens is 405 g/mol. The summed E-state index contributed by atoms with van der Waals surface area (Å²) in [5.41, 5.74) is 0. The third-order valence-corrected chi connectivity index (χ3v) is 6.79. The van der Waals surface area contributed by atoms with Gasteiger partial charge in [-0.1, -0.05) is 92.0 Å². The number of carbonyl (C=O) groups excluding carboxylic acids is 1. The fraction of sp³-hybridized carbons (Fsp3) is 0.588. The van der Waals surface area contributed by atoms with Gasteiger partial charge >= 0.3 is 0 Å². The number of halogens is 3. The van der Waals surface area contributed by atoms with Crippen LogP contribution in [0.25, 0.3) is 0 Å². The summed E-state index contributed by atoms with van der Waals surface area (Å²) in [5, 5.41) is 0.736. The van der Waals surface area contributed by atoms with E-state index >= 15 is 0 Å². The van der Waals surface area contributed by atoms with Crippen LogP contribution in [0.15, 0.2) is 35.2 Å². The lowest BCUT2D eigenvalue weighted by Crippen LogP contribution is -2.49. The number of alkyl halides is 3. The molecule has 0 bridgehead atoms. The molecule has 4 nitrogen and oxygen atoms in total. The fourth-order valence-electron chi connectivity index (χ4n) is 2.37. The number of benzene rings is 1. The molecule has 25 heavy (non-hydrogen) atoms. The van der Waals surface area contributed by atoms with Crippen LogP contribution in [-0.2, 0) is 14.6 Å². The smallest absolute Gasteiger partial charge is 0.225 e. The van der Waals surface area contributed by atoms with E-state index in [9.17, 15) is 13.2 Å². The van der Waals surface area contributed by atoms with Crippen molar-refractivity contribution < 1.29 is 13.2 Å². The summed E-state index contributed by atoms with van der Waals surface area (Å²) in [6, 6.07) is 7.62. The van der Waals surface area contributed by atoms with Crippen molar-refractivity contribution in [2.24, 2.45) is 0 Å². The van der Waals surface area contributed by atoms with Gasteiger partial charge in [0.1, 0.15) is 0 Å². The summed E-state index contributed by atoms with van der Waals surface area (Å²) in [6.07, 6.45) is 6.31. The van der Waals surface area contributed by atoms with Crippen molar-refractivity contribution in [2.75, 3.05) is 0 Å². The van der Waals surface area contributed by atoms with Crippen molar-refractivity contribution in [1.82, 2.24) is 5.32 Å². The zero-order chi connectivity index (χ0) is 18.9. The van der Waals surface area contributed by atoms with Gasteiger partial charge in [-0.15, -0.1) is 0 Å². The molecule has 142 valence electrons.